The number of carbonyl (C=O) groups excluding carboxylic acids is 2. The van der Waals surface area contributed by atoms with Gasteiger partial charge in [-0.05, 0) is 55.5 Å². The maximum atomic E-state index is 13.3. The van der Waals surface area contributed by atoms with Gasteiger partial charge in [0, 0.05) is 25.4 Å². The molecular weight excluding hydrogens is 482 g/mol. The van der Waals surface area contributed by atoms with Crippen LogP contribution >= 0.6 is 11.8 Å². The predicted molar refractivity (Wildman–Crippen MR) is 139 cm³/mol. The van der Waals surface area contributed by atoms with E-state index in [2.05, 4.69) is 10.6 Å². The van der Waals surface area contributed by atoms with Crippen molar-refractivity contribution >= 4 is 34.5 Å². The number of carbonyl (C=O) groups is 2. The second-order valence-corrected chi connectivity index (χ2v) is 9.38. The lowest BCUT2D eigenvalue weighted by molar-refractivity contribution is -0.122. The molecule has 1 aliphatic rings. The summed E-state index contributed by atoms with van der Waals surface area (Å²) in [6.45, 7) is 2.91. The second kappa shape index (κ2) is 11.4. The first-order chi connectivity index (χ1) is 17.4. The Bertz CT molecular complexity index is 1320. The summed E-state index contributed by atoms with van der Waals surface area (Å²) >= 11 is 1.57. The Morgan fingerprint density at radius 2 is 1.89 bits per heavy atom. The highest BCUT2D eigenvalue weighted by molar-refractivity contribution is 7.98. The molecule has 2 aromatic carbocycles. The molecule has 190 valence electrons. The normalized spacial score (nSPS) is 12.9. The number of nitrogens with zero attached hydrogens (tertiary/aromatic N) is 1. The van der Waals surface area contributed by atoms with Crippen molar-refractivity contribution in [3.8, 4) is 17.2 Å². The van der Waals surface area contributed by atoms with E-state index in [1.54, 1.807) is 48.2 Å². The number of aromatic nitrogens is 1. The molecule has 2 amide bonds. The van der Waals surface area contributed by atoms with Gasteiger partial charge in [0.15, 0.2) is 11.5 Å². The molecule has 1 unspecified atom stereocenters. The molecule has 0 aliphatic carbocycles. The lowest BCUT2D eigenvalue weighted by Gasteiger charge is -2.19. The van der Waals surface area contributed by atoms with Gasteiger partial charge in [0.25, 0.3) is 5.91 Å². The third-order valence-corrected chi connectivity index (χ3v) is 6.69. The second-order valence-electron chi connectivity index (χ2n) is 8.40. The van der Waals surface area contributed by atoms with Gasteiger partial charge >= 0.3 is 0 Å². The Morgan fingerprint density at radius 1 is 1.17 bits per heavy atom. The first-order valence-electron chi connectivity index (χ1n) is 11.7. The number of ether oxygens (including phenoxy) is 2. The largest absolute Gasteiger partial charge is 0.508 e. The Balaban J connectivity index is 1.51. The molecule has 0 fully saturated rings. The standard InChI is InChI=1S/C26H29N3O6S/c1-3-29-14-19(24(31)18-12-22-23(13-21(18)29)35-15-34-22)25(32)28-20(9-11-36-2)26(33)27-10-8-16-4-6-17(30)7-5-16/h4-7,12-14,20,30H,3,8-11,15H2,1-2H3,(H,27,33)(H,28,32). The van der Waals surface area contributed by atoms with Crippen LogP contribution in [0.15, 0.2) is 47.4 Å². The fourth-order valence-corrected chi connectivity index (χ4v) is 4.53. The number of thioether (sulfide) groups is 1. The van der Waals surface area contributed by atoms with Crippen molar-refractivity contribution in [1.29, 1.82) is 0 Å². The van der Waals surface area contributed by atoms with Crippen LogP contribution in [-0.4, -0.2) is 52.9 Å². The lowest BCUT2D eigenvalue weighted by Crippen LogP contribution is -2.48. The molecule has 1 aliphatic heterocycles. The SMILES string of the molecule is CCn1cc(C(=O)NC(CCSC)C(=O)NCCc2ccc(O)cc2)c(=O)c2cc3c(cc21)OCO3. The predicted octanol–water partition coefficient (Wildman–Crippen LogP) is 2.67. The summed E-state index contributed by atoms with van der Waals surface area (Å²) in [4.78, 5) is 39.4. The average Bonchev–Trinajstić information content (AvgIpc) is 3.34. The molecule has 1 aromatic heterocycles. The maximum Gasteiger partial charge on any atom is 0.257 e. The van der Waals surface area contributed by atoms with Gasteiger partial charge in [-0.2, -0.15) is 11.8 Å². The highest BCUT2D eigenvalue weighted by Gasteiger charge is 2.25. The zero-order valence-electron chi connectivity index (χ0n) is 20.2. The van der Waals surface area contributed by atoms with Gasteiger partial charge in [0.1, 0.15) is 17.4 Å². The maximum absolute atomic E-state index is 13.3. The molecule has 3 N–H and O–H groups in total. The topological polar surface area (TPSA) is 119 Å². The van der Waals surface area contributed by atoms with E-state index in [9.17, 15) is 19.5 Å². The highest BCUT2D eigenvalue weighted by atomic mass is 32.2. The fourth-order valence-electron chi connectivity index (χ4n) is 4.06. The molecule has 2 heterocycles. The molecule has 0 bridgehead atoms. The van der Waals surface area contributed by atoms with Crippen molar-refractivity contribution in [1.82, 2.24) is 15.2 Å². The Morgan fingerprint density at radius 3 is 2.58 bits per heavy atom. The van der Waals surface area contributed by atoms with E-state index < -0.39 is 17.4 Å². The van der Waals surface area contributed by atoms with E-state index in [0.29, 0.717) is 54.1 Å². The van der Waals surface area contributed by atoms with Gasteiger partial charge in [-0.3, -0.25) is 14.4 Å². The van der Waals surface area contributed by atoms with Gasteiger partial charge in [-0.25, -0.2) is 0 Å². The van der Waals surface area contributed by atoms with E-state index in [-0.39, 0.29) is 24.0 Å². The molecule has 0 saturated carbocycles. The lowest BCUT2D eigenvalue weighted by atomic mass is 10.1. The summed E-state index contributed by atoms with van der Waals surface area (Å²) in [6, 6.07) is 9.33. The van der Waals surface area contributed by atoms with Crippen molar-refractivity contribution in [2.75, 3.05) is 25.3 Å². The van der Waals surface area contributed by atoms with Crippen LogP contribution in [0.2, 0.25) is 0 Å². The molecule has 1 atom stereocenters. The van der Waals surface area contributed by atoms with Crippen LogP contribution in [0.25, 0.3) is 10.9 Å². The number of hydrogen-bond acceptors (Lipinski definition) is 7. The molecule has 0 spiro atoms. The van der Waals surface area contributed by atoms with Crippen LogP contribution in [0.5, 0.6) is 17.2 Å². The zero-order valence-corrected chi connectivity index (χ0v) is 21.0. The third kappa shape index (κ3) is 5.59. The number of aromatic hydroxyl groups is 1. The summed E-state index contributed by atoms with van der Waals surface area (Å²) in [7, 11) is 0. The molecule has 9 nitrogen and oxygen atoms in total. The molecule has 0 radical (unpaired) electrons. The van der Waals surface area contributed by atoms with Crippen LogP contribution in [0.4, 0.5) is 0 Å². The number of fused-ring (bicyclic) bond motifs is 2. The van der Waals surface area contributed by atoms with Gasteiger partial charge in [0.2, 0.25) is 18.1 Å². The minimum atomic E-state index is -0.785. The van der Waals surface area contributed by atoms with Crippen LogP contribution in [0.1, 0.15) is 29.3 Å². The summed E-state index contributed by atoms with van der Waals surface area (Å²) in [5.41, 5.74) is 1.15. The first-order valence-corrected chi connectivity index (χ1v) is 13.1. The van der Waals surface area contributed by atoms with Crippen LogP contribution in [0.3, 0.4) is 0 Å². The van der Waals surface area contributed by atoms with E-state index in [0.717, 1.165) is 5.56 Å². The third-order valence-electron chi connectivity index (χ3n) is 6.04. The molecule has 0 saturated heterocycles. The number of benzene rings is 2. The van der Waals surface area contributed by atoms with Crippen molar-refractivity contribution in [3.05, 3.63) is 63.9 Å². The number of hydrogen-bond donors (Lipinski definition) is 3. The fraction of sp³-hybridized carbons (Fsp3) is 0.346. The van der Waals surface area contributed by atoms with Crippen molar-refractivity contribution in [2.24, 2.45) is 0 Å². The summed E-state index contributed by atoms with van der Waals surface area (Å²) in [5.74, 6) is 0.964. The van der Waals surface area contributed by atoms with Gasteiger partial charge in [0.05, 0.1) is 10.9 Å². The molecule has 3 aromatic rings. The average molecular weight is 512 g/mol. The first kappa shape index (κ1) is 25.4. The van der Waals surface area contributed by atoms with Crippen LogP contribution < -0.4 is 25.5 Å². The number of aryl methyl sites for hydroxylation is 1. The number of pyridine rings is 1. The van der Waals surface area contributed by atoms with Crippen molar-refractivity contribution < 1.29 is 24.2 Å². The van der Waals surface area contributed by atoms with Gasteiger partial charge in [-0.1, -0.05) is 12.1 Å². The van der Waals surface area contributed by atoms with E-state index >= 15 is 0 Å². The van der Waals surface area contributed by atoms with Gasteiger partial charge < -0.3 is 29.8 Å². The quantitative estimate of drug-likeness (QED) is 0.383. The number of phenols is 1. The summed E-state index contributed by atoms with van der Waals surface area (Å²) < 4.78 is 12.7. The number of nitrogens with one attached hydrogen (secondary N) is 2. The van der Waals surface area contributed by atoms with E-state index in [4.69, 9.17) is 9.47 Å². The van der Waals surface area contributed by atoms with Crippen molar-refractivity contribution in [2.45, 2.75) is 32.4 Å². The molecule has 36 heavy (non-hydrogen) atoms. The van der Waals surface area contributed by atoms with Crippen LogP contribution in [-0.2, 0) is 17.8 Å². The summed E-state index contributed by atoms with van der Waals surface area (Å²) in [6.07, 6.45) is 4.45. The van der Waals surface area contributed by atoms with E-state index in [1.807, 2.05) is 17.7 Å². The van der Waals surface area contributed by atoms with Crippen LogP contribution in [0, 0.1) is 0 Å². The zero-order chi connectivity index (χ0) is 25.7. The minimum absolute atomic E-state index is 0.0331. The van der Waals surface area contributed by atoms with E-state index in [1.165, 1.54) is 6.20 Å². The monoisotopic (exact) mass is 511 g/mol. The molecule has 4 rings (SSSR count). The van der Waals surface area contributed by atoms with Crippen molar-refractivity contribution in [3.63, 3.8) is 0 Å². The Hall–Kier alpha value is -3.66. The number of phenolic OH excluding ortho intramolecular Hbond substituents is 1. The highest BCUT2D eigenvalue weighted by Crippen LogP contribution is 2.35. The Kier molecular flexibility index (Phi) is 8.04. The van der Waals surface area contributed by atoms with Gasteiger partial charge in [-0.15, -0.1) is 0 Å². The number of rotatable bonds is 10. The summed E-state index contributed by atoms with van der Waals surface area (Å²) in [5, 5.41) is 15.4. The minimum Gasteiger partial charge on any atom is -0.508 e. The molecule has 10 heteroatoms. The number of amides is 2. The smallest absolute Gasteiger partial charge is 0.257 e. The molecular formula is C26H29N3O6S. The Labute approximate surface area is 212 Å².